The van der Waals surface area contributed by atoms with Gasteiger partial charge in [-0.05, 0) is 43.4 Å². The number of nitrogens with zero attached hydrogens (tertiary/aromatic N) is 3. The lowest BCUT2D eigenvalue weighted by Crippen LogP contribution is -2.34. The van der Waals surface area contributed by atoms with Crippen molar-refractivity contribution < 1.29 is 27.9 Å². The summed E-state index contributed by atoms with van der Waals surface area (Å²) in [7, 11) is 0. The SMILES string of the molecule is O=CCc1c(F)cc(OCCC2CC2C2CCN(c3nc(CO)no3)CC2)cc1F. The van der Waals surface area contributed by atoms with Gasteiger partial charge in [-0.25, -0.2) is 8.78 Å². The molecular weight excluding hydrogens is 396 g/mol. The van der Waals surface area contributed by atoms with Crippen LogP contribution in [-0.2, 0) is 17.8 Å². The second-order valence-corrected chi connectivity index (χ2v) is 8.01. The lowest BCUT2D eigenvalue weighted by atomic mass is 9.90. The monoisotopic (exact) mass is 421 g/mol. The quantitative estimate of drug-likeness (QED) is 0.623. The van der Waals surface area contributed by atoms with Crippen molar-refractivity contribution in [1.29, 1.82) is 0 Å². The number of anilines is 1. The molecule has 0 radical (unpaired) electrons. The molecule has 2 atom stereocenters. The van der Waals surface area contributed by atoms with Crippen molar-refractivity contribution in [3.05, 3.63) is 35.2 Å². The Morgan fingerprint density at radius 3 is 2.63 bits per heavy atom. The fraction of sp³-hybridized carbons (Fsp3) is 0.571. The molecule has 2 fully saturated rings. The van der Waals surface area contributed by atoms with Crippen LogP contribution in [0, 0.1) is 29.4 Å². The number of ether oxygens (including phenoxy) is 1. The van der Waals surface area contributed by atoms with Crippen LogP contribution in [0.5, 0.6) is 5.75 Å². The van der Waals surface area contributed by atoms with Crippen LogP contribution in [0.15, 0.2) is 16.7 Å². The first-order valence-corrected chi connectivity index (χ1v) is 10.3. The van der Waals surface area contributed by atoms with Crippen LogP contribution in [0.4, 0.5) is 14.8 Å². The Bertz CT molecular complexity index is 860. The predicted molar refractivity (Wildman–Crippen MR) is 103 cm³/mol. The molecule has 1 saturated heterocycles. The summed E-state index contributed by atoms with van der Waals surface area (Å²) < 4.78 is 38.5. The van der Waals surface area contributed by atoms with Crippen LogP contribution in [0.1, 0.15) is 37.1 Å². The Balaban J connectivity index is 1.19. The highest BCUT2D eigenvalue weighted by Crippen LogP contribution is 2.50. The zero-order valence-electron chi connectivity index (χ0n) is 16.6. The molecule has 162 valence electrons. The van der Waals surface area contributed by atoms with Gasteiger partial charge in [0.1, 0.15) is 30.3 Å². The minimum atomic E-state index is -0.750. The van der Waals surface area contributed by atoms with E-state index in [1.807, 2.05) is 0 Å². The van der Waals surface area contributed by atoms with Gasteiger partial charge in [0.25, 0.3) is 0 Å². The van der Waals surface area contributed by atoms with Gasteiger partial charge in [-0.15, -0.1) is 0 Å². The first-order chi connectivity index (χ1) is 14.6. The fourth-order valence-electron chi connectivity index (χ4n) is 4.41. The highest BCUT2D eigenvalue weighted by molar-refractivity contribution is 5.55. The van der Waals surface area contributed by atoms with Crippen molar-refractivity contribution in [3.8, 4) is 5.75 Å². The van der Waals surface area contributed by atoms with Crippen molar-refractivity contribution in [2.24, 2.45) is 17.8 Å². The van der Waals surface area contributed by atoms with E-state index in [2.05, 4.69) is 15.0 Å². The number of aldehydes is 1. The number of piperidine rings is 1. The van der Waals surface area contributed by atoms with E-state index in [1.165, 1.54) is 0 Å². The molecule has 1 aromatic heterocycles. The number of carbonyl (C=O) groups is 1. The molecule has 0 bridgehead atoms. The normalized spacial score (nSPS) is 21.6. The summed E-state index contributed by atoms with van der Waals surface area (Å²) in [5, 5.41) is 12.8. The van der Waals surface area contributed by atoms with Crippen LogP contribution in [-0.4, -0.2) is 41.2 Å². The van der Waals surface area contributed by atoms with Crippen molar-refractivity contribution in [2.75, 3.05) is 24.6 Å². The molecule has 2 aliphatic rings. The summed E-state index contributed by atoms with van der Waals surface area (Å²) in [6.07, 6.45) is 4.31. The van der Waals surface area contributed by atoms with E-state index < -0.39 is 11.6 Å². The Morgan fingerprint density at radius 1 is 1.27 bits per heavy atom. The molecule has 1 aliphatic heterocycles. The summed E-state index contributed by atoms with van der Waals surface area (Å²) in [6.45, 7) is 1.89. The molecule has 0 amide bonds. The topological polar surface area (TPSA) is 88.7 Å². The maximum atomic E-state index is 13.9. The zero-order valence-corrected chi connectivity index (χ0v) is 16.6. The Hall–Kier alpha value is -2.55. The number of benzene rings is 1. The lowest BCUT2D eigenvalue weighted by Gasteiger charge is -2.30. The van der Waals surface area contributed by atoms with Crippen LogP contribution in [0.2, 0.25) is 0 Å². The maximum absolute atomic E-state index is 13.9. The highest BCUT2D eigenvalue weighted by atomic mass is 19.1. The first-order valence-electron chi connectivity index (χ1n) is 10.3. The Labute approximate surface area is 173 Å². The average molecular weight is 421 g/mol. The molecule has 30 heavy (non-hydrogen) atoms. The van der Waals surface area contributed by atoms with E-state index in [1.54, 1.807) is 0 Å². The molecule has 9 heteroatoms. The Morgan fingerprint density at radius 2 is 2.00 bits per heavy atom. The third-order valence-electron chi connectivity index (χ3n) is 6.15. The summed E-state index contributed by atoms with van der Waals surface area (Å²) in [4.78, 5) is 16.7. The minimum Gasteiger partial charge on any atom is -0.493 e. The number of aliphatic hydroxyl groups is 1. The standard InChI is InChI=1S/C21H25F2N3O4/c22-18-10-15(11-19(23)16(18)3-7-27)29-8-4-14-9-17(14)13-1-5-26(6-2-13)21-24-20(12-28)25-30-21/h7,10-11,13-14,17,28H,1-6,8-9,12H2. The molecule has 4 rings (SSSR count). The molecule has 1 aromatic carbocycles. The number of hydrogen-bond donors (Lipinski definition) is 1. The number of rotatable bonds is 9. The van der Waals surface area contributed by atoms with E-state index in [-0.39, 0.29) is 24.3 Å². The van der Waals surface area contributed by atoms with E-state index in [4.69, 9.17) is 14.4 Å². The number of hydrogen-bond acceptors (Lipinski definition) is 7. The lowest BCUT2D eigenvalue weighted by molar-refractivity contribution is -0.107. The van der Waals surface area contributed by atoms with Gasteiger partial charge < -0.3 is 24.1 Å². The highest BCUT2D eigenvalue weighted by Gasteiger charge is 2.43. The second kappa shape index (κ2) is 9.07. The van der Waals surface area contributed by atoms with Gasteiger partial charge in [0.2, 0.25) is 0 Å². The van der Waals surface area contributed by atoms with Gasteiger partial charge >= 0.3 is 6.01 Å². The summed E-state index contributed by atoms with van der Waals surface area (Å²) >= 11 is 0. The fourth-order valence-corrected chi connectivity index (χ4v) is 4.41. The molecule has 1 N–H and O–H groups in total. The van der Waals surface area contributed by atoms with Gasteiger partial charge in [-0.1, -0.05) is 5.16 Å². The third kappa shape index (κ3) is 4.61. The number of carbonyl (C=O) groups excluding carboxylic acids is 1. The van der Waals surface area contributed by atoms with E-state index in [0.717, 1.165) is 50.9 Å². The number of aliphatic hydroxyl groups excluding tert-OH is 1. The first kappa shape index (κ1) is 20.7. The minimum absolute atomic E-state index is 0.159. The van der Waals surface area contributed by atoms with Crippen molar-refractivity contribution in [2.45, 2.75) is 38.7 Å². The number of aromatic nitrogens is 2. The third-order valence-corrected chi connectivity index (χ3v) is 6.15. The van der Waals surface area contributed by atoms with Gasteiger partial charge in [0.05, 0.1) is 6.61 Å². The second-order valence-electron chi connectivity index (χ2n) is 8.01. The average Bonchev–Trinajstić information content (AvgIpc) is 3.35. The molecule has 1 aliphatic carbocycles. The molecule has 2 aromatic rings. The van der Waals surface area contributed by atoms with Gasteiger partial charge in [-0.3, -0.25) is 0 Å². The zero-order chi connectivity index (χ0) is 21.1. The van der Waals surface area contributed by atoms with E-state index in [9.17, 15) is 13.6 Å². The maximum Gasteiger partial charge on any atom is 0.324 e. The van der Waals surface area contributed by atoms with Crippen LogP contribution < -0.4 is 9.64 Å². The summed E-state index contributed by atoms with van der Waals surface area (Å²) in [6, 6.07) is 2.75. The van der Waals surface area contributed by atoms with Crippen LogP contribution >= 0.6 is 0 Å². The molecule has 2 heterocycles. The van der Waals surface area contributed by atoms with Crippen molar-refractivity contribution in [3.63, 3.8) is 0 Å². The molecule has 0 spiro atoms. The summed E-state index contributed by atoms with van der Waals surface area (Å²) in [5.74, 6) is 0.842. The summed E-state index contributed by atoms with van der Waals surface area (Å²) in [5.41, 5.74) is -0.223. The predicted octanol–water partition coefficient (Wildman–Crippen LogP) is 2.90. The molecule has 1 saturated carbocycles. The molecular formula is C21H25F2N3O4. The van der Waals surface area contributed by atoms with E-state index in [0.29, 0.717) is 42.5 Å². The number of halogens is 2. The van der Waals surface area contributed by atoms with Gasteiger partial charge in [0.15, 0.2) is 5.82 Å². The van der Waals surface area contributed by atoms with Crippen molar-refractivity contribution in [1.82, 2.24) is 10.1 Å². The van der Waals surface area contributed by atoms with Crippen LogP contribution in [0.3, 0.4) is 0 Å². The van der Waals surface area contributed by atoms with E-state index >= 15 is 0 Å². The van der Waals surface area contributed by atoms with Gasteiger partial charge in [0, 0.05) is 37.2 Å². The molecule has 2 unspecified atom stereocenters. The molecule has 7 nitrogen and oxygen atoms in total. The smallest absolute Gasteiger partial charge is 0.324 e. The Kier molecular flexibility index (Phi) is 6.26. The van der Waals surface area contributed by atoms with Gasteiger partial charge in [-0.2, -0.15) is 4.98 Å². The largest absolute Gasteiger partial charge is 0.493 e. The van der Waals surface area contributed by atoms with Crippen LogP contribution in [0.25, 0.3) is 0 Å². The van der Waals surface area contributed by atoms with Crippen molar-refractivity contribution >= 4 is 12.3 Å².